The molecule has 1 aliphatic heterocycles. The van der Waals surface area contributed by atoms with Gasteiger partial charge in [0, 0.05) is 50.0 Å². The molecule has 0 saturated heterocycles. The number of aliphatic hydroxyl groups is 1. The van der Waals surface area contributed by atoms with Gasteiger partial charge in [-0.1, -0.05) is 25.1 Å². The third kappa shape index (κ3) is 9.96. The van der Waals surface area contributed by atoms with E-state index < -0.39 is 6.04 Å². The van der Waals surface area contributed by atoms with Gasteiger partial charge in [-0.25, -0.2) is 4.79 Å². The summed E-state index contributed by atoms with van der Waals surface area (Å²) < 4.78 is 12.6. The van der Waals surface area contributed by atoms with Crippen molar-refractivity contribution in [2.24, 2.45) is 5.92 Å². The van der Waals surface area contributed by atoms with E-state index in [1.54, 1.807) is 54.1 Å². The van der Waals surface area contributed by atoms with Crippen LogP contribution >= 0.6 is 0 Å². The second-order valence-electron chi connectivity index (χ2n) is 11.8. The number of amides is 4. The Hall–Kier alpha value is -3.63. The smallest absolute Gasteiger partial charge is 0.319 e. The first-order chi connectivity index (χ1) is 20.5. The average Bonchev–Trinajstić information content (AvgIpc) is 2.98. The van der Waals surface area contributed by atoms with Gasteiger partial charge in [-0.3, -0.25) is 9.59 Å². The molecule has 0 aliphatic carbocycles. The maximum absolute atomic E-state index is 14.2. The zero-order valence-electron chi connectivity index (χ0n) is 26.3. The van der Waals surface area contributed by atoms with Gasteiger partial charge in [-0.2, -0.15) is 0 Å². The fourth-order valence-corrected chi connectivity index (χ4v) is 5.05. The van der Waals surface area contributed by atoms with Crippen molar-refractivity contribution in [1.82, 2.24) is 15.1 Å². The zero-order valence-corrected chi connectivity index (χ0v) is 26.3. The van der Waals surface area contributed by atoms with Crippen molar-refractivity contribution in [3.8, 4) is 5.75 Å². The molecule has 236 valence electrons. The van der Waals surface area contributed by atoms with Crippen molar-refractivity contribution in [2.75, 3.05) is 38.7 Å². The highest BCUT2D eigenvalue weighted by molar-refractivity contribution is 5.99. The Morgan fingerprint density at radius 2 is 1.81 bits per heavy atom. The molecule has 1 aliphatic rings. The standard InChI is InChI=1S/C33H48N4O6/c1-22(2)34-33(41)35-27-15-16-29-28(18-27)32(40)37(24(4)21-38)19-23(3)30(42-17-11-10-12-25(5)43-29)20-36(6)31(39)26-13-8-7-9-14-26/h7-9,13-16,18,22-25,30,38H,10-12,17,19-21H2,1-6H3,(H2,34,35,41)/t23-,24+,25+,30-/m1/s1. The van der Waals surface area contributed by atoms with Crippen molar-refractivity contribution in [1.29, 1.82) is 0 Å². The van der Waals surface area contributed by atoms with Crippen LogP contribution in [0.5, 0.6) is 5.75 Å². The first kappa shape index (κ1) is 33.9. The molecule has 0 radical (unpaired) electrons. The molecule has 10 heteroatoms. The Labute approximate surface area is 255 Å². The van der Waals surface area contributed by atoms with E-state index in [2.05, 4.69) is 10.6 Å². The molecule has 2 aromatic rings. The number of hydrogen-bond acceptors (Lipinski definition) is 6. The van der Waals surface area contributed by atoms with Gasteiger partial charge in [0.15, 0.2) is 0 Å². The van der Waals surface area contributed by atoms with Crippen LogP contribution in [-0.4, -0.2) is 90.4 Å². The quantitative estimate of drug-likeness (QED) is 0.423. The van der Waals surface area contributed by atoms with Crippen molar-refractivity contribution < 1.29 is 29.0 Å². The Morgan fingerprint density at radius 1 is 1.09 bits per heavy atom. The number of benzene rings is 2. The summed E-state index contributed by atoms with van der Waals surface area (Å²) in [6.45, 7) is 10.4. The van der Waals surface area contributed by atoms with E-state index in [0.717, 1.165) is 19.3 Å². The van der Waals surface area contributed by atoms with Crippen molar-refractivity contribution in [2.45, 2.75) is 78.2 Å². The summed E-state index contributed by atoms with van der Waals surface area (Å²) in [4.78, 5) is 43.0. The number of aliphatic hydroxyl groups excluding tert-OH is 1. The molecular formula is C33H48N4O6. The predicted molar refractivity (Wildman–Crippen MR) is 168 cm³/mol. The summed E-state index contributed by atoms with van der Waals surface area (Å²) in [6.07, 6.45) is 1.95. The molecule has 0 aromatic heterocycles. The summed E-state index contributed by atoms with van der Waals surface area (Å²) in [5, 5.41) is 15.7. The van der Waals surface area contributed by atoms with Gasteiger partial charge in [-0.15, -0.1) is 0 Å². The SMILES string of the molecule is CC(C)NC(=O)Nc1ccc2c(c1)C(=O)N([C@@H](C)CO)C[C@@H](C)[C@@H](CN(C)C(=O)c1ccccc1)OCCCC[C@H](C)O2. The van der Waals surface area contributed by atoms with E-state index in [4.69, 9.17) is 9.47 Å². The number of nitrogens with zero attached hydrogens (tertiary/aromatic N) is 2. The van der Waals surface area contributed by atoms with Gasteiger partial charge < -0.3 is 35.0 Å². The number of carbonyl (C=O) groups is 3. The lowest BCUT2D eigenvalue weighted by atomic mass is 10.0. The number of urea groups is 1. The zero-order chi connectivity index (χ0) is 31.5. The highest BCUT2D eigenvalue weighted by Crippen LogP contribution is 2.28. The van der Waals surface area contributed by atoms with Crippen LogP contribution in [0.2, 0.25) is 0 Å². The number of fused-ring (bicyclic) bond motifs is 1. The van der Waals surface area contributed by atoms with Crippen LogP contribution in [0, 0.1) is 5.92 Å². The van der Waals surface area contributed by atoms with Crippen LogP contribution in [0.15, 0.2) is 48.5 Å². The maximum Gasteiger partial charge on any atom is 0.319 e. The molecule has 1 heterocycles. The monoisotopic (exact) mass is 596 g/mol. The minimum Gasteiger partial charge on any atom is -0.490 e. The summed E-state index contributed by atoms with van der Waals surface area (Å²) in [5.74, 6) is -0.177. The lowest BCUT2D eigenvalue weighted by Gasteiger charge is -2.36. The predicted octanol–water partition coefficient (Wildman–Crippen LogP) is 4.78. The minimum absolute atomic E-state index is 0.0531. The van der Waals surface area contributed by atoms with Gasteiger partial charge in [-0.05, 0) is 77.3 Å². The molecule has 0 fully saturated rings. The second kappa shape index (κ2) is 16.3. The van der Waals surface area contributed by atoms with E-state index in [1.807, 2.05) is 45.9 Å². The summed E-state index contributed by atoms with van der Waals surface area (Å²) in [6, 6.07) is 13.2. The van der Waals surface area contributed by atoms with Crippen LogP contribution in [-0.2, 0) is 4.74 Å². The largest absolute Gasteiger partial charge is 0.490 e. The third-order valence-electron chi connectivity index (χ3n) is 7.55. The molecule has 2 aromatic carbocycles. The molecular weight excluding hydrogens is 548 g/mol. The summed E-state index contributed by atoms with van der Waals surface area (Å²) in [5.41, 5.74) is 1.35. The fraction of sp³-hybridized carbons (Fsp3) is 0.545. The van der Waals surface area contributed by atoms with E-state index in [9.17, 15) is 19.5 Å². The number of rotatable bonds is 7. The number of likely N-dealkylation sites (N-methyl/N-ethyl adjacent to an activating group) is 1. The highest BCUT2D eigenvalue weighted by atomic mass is 16.5. The normalized spacial score (nSPS) is 20.8. The average molecular weight is 597 g/mol. The van der Waals surface area contributed by atoms with Gasteiger partial charge >= 0.3 is 6.03 Å². The lowest BCUT2D eigenvalue weighted by Crippen LogP contribution is -2.48. The van der Waals surface area contributed by atoms with Gasteiger partial charge in [0.2, 0.25) is 0 Å². The van der Waals surface area contributed by atoms with Gasteiger partial charge in [0.1, 0.15) is 5.75 Å². The molecule has 4 atom stereocenters. The number of ether oxygens (including phenoxy) is 2. The molecule has 0 bridgehead atoms. The Kier molecular flexibility index (Phi) is 12.8. The van der Waals surface area contributed by atoms with E-state index >= 15 is 0 Å². The van der Waals surface area contributed by atoms with Gasteiger partial charge in [0.05, 0.1) is 30.4 Å². The molecule has 43 heavy (non-hydrogen) atoms. The van der Waals surface area contributed by atoms with Crippen molar-refractivity contribution in [3.63, 3.8) is 0 Å². The minimum atomic E-state index is -0.502. The lowest BCUT2D eigenvalue weighted by molar-refractivity contribution is -0.0149. The van der Waals surface area contributed by atoms with Crippen LogP contribution < -0.4 is 15.4 Å². The molecule has 0 saturated carbocycles. The highest BCUT2D eigenvalue weighted by Gasteiger charge is 2.31. The van der Waals surface area contributed by atoms with Gasteiger partial charge in [0.25, 0.3) is 11.8 Å². The van der Waals surface area contributed by atoms with Crippen molar-refractivity contribution in [3.05, 3.63) is 59.7 Å². The molecule has 10 nitrogen and oxygen atoms in total. The topological polar surface area (TPSA) is 120 Å². The Balaban J connectivity index is 1.93. The maximum atomic E-state index is 14.2. The van der Waals surface area contributed by atoms with Crippen LogP contribution in [0.1, 0.15) is 74.6 Å². The van der Waals surface area contributed by atoms with Crippen LogP contribution in [0.4, 0.5) is 10.5 Å². The number of nitrogens with one attached hydrogen (secondary N) is 2. The Bertz CT molecular complexity index is 1210. The van der Waals surface area contributed by atoms with E-state index in [0.29, 0.717) is 35.7 Å². The first-order valence-electron chi connectivity index (χ1n) is 15.2. The summed E-state index contributed by atoms with van der Waals surface area (Å²) in [7, 11) is 1.76. The second-order valence-corrected chi connectivity index (χ2v) is 11.8. The number of hydrogen-bond donors (Lipinski definition) is 3. The molecule has 0 spiro atoms. The van der Waals surface area contributed by atoms with Crippen LogP contribution in [0.3, 0.4) is 0 Å². The fourth-order valence-electron chi connectivity index (χ4n) is 5.05. The first-order valence-corrected chi connectivity index (χ1v) is 15.2. The molecule has 3 N–H and O–H groups in total. The molecule has 3 rings (SSSR count). The van der Waals surface area contributed by atoms with E-state index in [1.165, 1.54) is 0 Å². The number of carbonyl (C=O) groups excluding carboxylic acids is 3. The van der Waals surface area contributed by atoms with Crippen LogP contribution in [0.25, 0.3) is 0 Å². The van der Waals surface area contributed by atoms with Crippen molar-refractivity contribution >= 4 is 23.5 Å². The molecule has 0 unspecified atom stereocenters. The Morgan fingerprint density at radius 3 is 2.49 bits per heavy atom. The number of anilines is 1. The molecule has 4 amide bonds. The van der Waals surface area contributed by atoms with E-state index in [-0.39, 0.29) is 55.2 Å². The third-order valence-corrected chi connectivity index (χ3v) is 7.55. The summed E-state index contributed by atoms with van der Waals surface area (Å²) >= 11 is 0.